The Labute approximate surface area is 187 Å². The number of fused-ring (bicyclic) bond motifs is 1. The lowest BCUT2D eigenvalue weighted by Crippen LogP contribution is -2.40. The Morgan fingerprint density at radius 3 is 1.91 bits per heavy atom. The van der Waals surface area contributed by atoms with E-state index < -0.39 is 11.7 Å². The summed E-state index contributed by atoms with van der Waals surface area (Å²) in [6.45, 7) is 1.09. The molecule has 3 aromatic carbocycles. The Balaban J connectivity index is 1.39. The zero-order chi connectivity index (χ0) is 21.9. The Morgan fingerprint density at radius 1 is 0.719 bits per heavy atom. The van der Waals surface area contributed by atoms with Crippen molar-refractivity contribution in [3.63, 3.8) is 0 Å². The number of hydrogen-bond acceptors (Lipinski definition) is 2. The molecule has 1 aliphatic heterocycles. The number of aromatic nitrogens is 1. The minimum absolute atomic E-state index is 0.422. The first-order valence-corrected chi connectivity index (χ1v) is 10.9. The molecule has 32 heavy (non-hydrogen) atoms. The van der Waals surface area contributed by atoms with Gasteiger partial charge in [0.25, 0.3) is 11.7 Å². The second-order valence-electron chi connectivity index (χ2n) is 8.08. The SMILES string of the molecule is O=C(C(=O)N1CCC(=C(c2ccccc2)c2ccccc2)CC1)c1c[nH]c2ccccc12. The third-order valence-electron chi connectivity index (χ3n) is 6.16. The van der Waals surface area contributed by atoms with Gasteiger partial charge in [0.1, 0.15) is 0 Å². The molecule has 1 amide bonds. The topological polar surface area (TPSA) is 53.2 Å². The normalized spacial score (nSPS) is 13.9. The minimum atomic E-state index is -0.443. The number of H-pyrrole nitrogens is 1. The summed E-state index contributed by atoms with van der Waals surface area (Å²) in [7, 11) is 0. The van der Waals surface area contributed by atoms with Crippen LogP contribution in [-0.4, -0.2) is 34.7 Å². The van der Waals surface area contributed by atoms with E-state index in [0.29, 0.717) is 18.7 Å². The number of nitrogens with zero attached hydrogens (tertiary/aromatic N) is 1. The van der Waals surface area contributed by atoms with Crippen LogP contribution in [0.1, 0.15) is 34.3 Å². The Morgan fingerprint density at radius 2 is 1.28 bits per heavy atom. The second-order valence-corrected chi connectivity index (χ2v) is 8.08. The van der Waals surface area contributed by atoms with Crippen LogP contribution in [0.25, 0.3) is 16.5 Å². The van der Waals surface area contributed by atoms with Crippen LogP contribution in [0.5, 0.6) is 0 Å². The van der Waals surface area contributed by atoms with Gasteiger partial charge in [-0.15, -0.1) is 0 Å². The van der Waals surface area contributed by atoms with Gasteiger partial charge in [-0.05, 0) is 35.6 Å². The number of ketones is 1. The molecule has 4 aromatic rings. The molecule has 0 atom stereocenters. The Bertz CT molecular complexity index is 1250. The van der Waals surface area contributed by atoms with Gasteiger partial charge in [-0.25, -0.2) is 0 Å². The maximum Gasteiger partial charge on any atom is 0.295 e. The summed E-state index contributed by atoms with van der Waals surface area (Å²) in [5.74, 6) is -0.865. The van der Waals surface area contributed by atoms with Gasteiger partial charge in [-0.1, -0.05) is 84.4 Å². The molecule has 0 unspecified atom stereocenters. The molecule has 0 spiro atoms. The van der Waals surface area contributed by atoms with Gasteiger partial charge in [0.15, 0.2) is 0 Å². The molecular weight excluding hydrogens is 396 g/mol. The summed E-state index contributed by atoms with van der Waals surface area (Å²) in [6.07, 6.45) is 3.15. The summed E-state index contributed by atoms with van der Waals surface area (Å²) < 4.78 is 0. The highest BCUT2D eigenvalue weighted by molar-refractivity contribution is 6.44. The van der Waals surface area contributed by atoms with Crippen molar-refractivity contribution < 1.29 is 9.59 Å². The van der Waals surface area contributed by atoms with Crippen LogP contribution in [0.2, 0.25) is 0 Å². The first-order chi connectivity index (χ1) is 15.7. The summed E-state index contributed by atoms with van der Waals surface area (Å²) in [5.41, 5.74) is 6.24. The van der Waals surface area contributed by atoms with Crippen LogP contribution < -0.4 is 0 Å². The van der Waals surface area contributed by atoms with Crippen LogP contribution >= 0.6 is 0 Å². The largest absolute Gasteiger partial charge is 0.360 e. The number of carbonyl (C=O) groups excluding carboxylic acids is 2. The molecule has 0 bridgehead atoms. The monoisotopic (exact) mass is 420 g/mol. The second kappa shape index (κ2) is 8.67. The molecule has 0 aliphatic carbocycles. The number of hydrogen-bond donors (Lipinski definition) is 1. The molecule has 2 heterocycles. The average Bonchev–Trinajstić information content (AvgIpc) is 3.29. The number of piperidine rings is 1. The highest BCUT2D eigenvalue weighted by Crippen LogP contribution is 2.32. The van der Waals surface area contributed by atoms with Crippen molar-refractivity contribution in [2.24, 2.45) is 0 Å². The number of amides is 1. The fraction of sp³-hybridized carbons (Fsp3) is 0.143. The average molecular weight is 421 g/mol. The molecule has 0 saturated carbocycles. The van der Waals surface area contributed by atoms with Gasteiger partial charge in [-0.3, -0.25) is 9.59 Å². The van der Waals surface area contributed by atoms with Crippen LogP contribution in [0.4, 0.5) is 0 Å². The molecule has 1 saturated heterocycles. The first-order valence-electron chi connectivity index (χ1n) is 10.9. The molecule has 158 valence electrons. The predicted octanol–water partition coefficient (Wildman–Crippen LogP) is 5.48. The smallest absolute Gasteiger partial charge is 0.295 e. The third kappa shape index (κ3) is 3.76. The lowest BCUT2D eigenvalue weighted by Gasteiger charge is -2.30. The summed E-state index contributed by atoms with van der Waals surface area (Å²) in [6, 6.07) is 28.3. The zero-order valence-corrected chi connectivity index (χ0v) is 17.8. The number of rotatable bonds is 4. The molecular formula is C28H24N2O2. The zero-order valence-electron chi connectivity index (χ0n) is 17.8. The molecule has 4 nitrogen and oxygen atoms in total. The highest BCUT2D eigenvalue weighted by atomic mass is 16.2. The number of benzene rings is 3. The predicted molar refractivity (Wildman–Crippen MR) is 127 cm³/mol. The summed E-state index contributed by atoms with van der Waals surface area (Å²) in [4.78, 5) is 30.7. The molecule has 0 radical (unpaired) electrons. The van der Waals surface area contributed by atoms with Crippen LogP contribution in [0, 0.1) is 0 Å². The molecule has 1 aromatic heterocycles. The molecule has 1 aliphatic rings. The first kappa shape index (κ1) is 20.0. The van der Waals surface area contributed by atoms with E-state index in [4.69, 9.17) is 0 Å². The van der Waals surface area contributed by atoms with Gasteiger partial charge < -0.3 is 9.88 Å². The Hall–Kier alpha value is -3.92. The number of aromatic amines is 1. The van der Waals surface area contributed by atoms with Crippen molar-refractivity contribution in [3.05, 3.63) is 113 Å². The lowest BCUT2D eigenvalue weighted by atomic mass is 9.88. The van der Waals surface area contributed by atoms with E-state index in [0.717, 1.165) is 23.7 Å². The van der Waals surface area contributed by atoms with Gasteiger partial charge in [-0.2, -0.15) is 0 Å². The quantitative estimate of drug-likeness (QED) is 0.351. The number of likely N-dealkylation sites (tertiary alicyclic amines) is 1. The van der Waals surface area contributed by atoms with Crippen LogP contribution in [-0.2, 0) is 4.79 Å². The Kier molecular flexibility index (Phi) is 5.42. The van der Waals surface area contributed by atoms with Crippen molar-refractivity contribution in [1.82, 2.24) is 9.88 Å². The van der Waals surface area contributed by atoms with Crippen molar-refractivity contribution in [2.45, 2.75) is 12.8 Å². The maximum absolute atomic E-state index is 13.0. The standard InChI is InChI=1S/C28H24N2O2/c31-27(24-19-29-25-14-8-7-13-23(24)25)28(32)30-17-15-22(16-18-30)26(20-9-3-1-4-10-20)21-11-5-2-6-12-21/h1-14,19,29H,15-18H2. The molecule has 4 heteroatoms. The summed E-state index contributed by atoms with van der Waals surface area (Å²) >= 11 is 0. The van der Waals surface area contributed by atoms with Crippen molar-refractivity contribution >= 4 is 28.2 Å². The van der Waals surface area contributed by atoms with Crippen LogP contribution in [0.15, 0.2) is 96.7 Å². The van der Waals surface area contributed by atoms with E-state index in [2.05, 4.69) is 53.5 Å². The minimum Gasteiger partial charge on any atom is -0.360 e. The van der Waals surface area contributed by atoms with Crippen LogP contribution in [0.3, 0.4) is 0 Å². The van der Waals surface area contributed by atoms with E-state index in [9.17, 15) is 9.59 Å². The number of Topliss-reactive ketones (excluding diaryl/α,β-unsaturated/α-hetero) is 1. The maximum atomic E-state index is 13.0. The van der Waals surface area contributed by atoms with E-state index in [1.807, 2.05) is 36.4 Å². The van der Waals surface area contributed by atoms with Crippen molar-refractivity contribution in [2.75, 3.05) is 13.1 Å². The molecule has 1 N–H and O–H groups in total. The molecule has 5 rings (SSSR count). The van der Waals surface area contributed by atoms with Gasteiger partial charge >= 0.3 is 0 Å². The fourth-order valence-electron chi connectivity index (χ4n) is 4.53. The van der Waals surface area contributed by atoms with Gasteiger partial charge in [0, 0.05) is 30.2 Å². The van der Waals surface area contributed by atoms with Gasteiger partial charge in [0.2, 0.25) is 0 Å². The fourth-order valence-corrected chi connectivity index (χ4v) is 4.53. The van der Waals surface area contributed by atoms with Gasteiger partial charge in [0.05, 0.1) is 5.56 Å². The molecule has 1 fully saturated rings. The van der Waals surface area contributed by atoms with Crippen molar-refractivity contribution in [1.29, 1.82) is 0 Å². The van der Waals surface area contributed by atoms with E-state index in [1.165, 1.54) is 22.3 Å². The van der Waals surface area contributed by atoms with Crippen molar-refractivity contribution in [3.8, 4) is 0 Å². The number of para-hydroxylation sites is 1. The highest BCUT2D eigenvalue weighted by Gasteiger charge is 2.28. The lowest BCUT2D eigenvalue weighted by molar-refractivity contribution is -0.126. The third-order valence-corrected chi connectivity index (χ3v) is 6.16. The van der Waals surface area contributed by atoms with E-state index in [1.54, 1.807) is 11.1 Å². The summed E-state index contributed by atoms with van der Waals surface area (Å²) in [5, 5.41) is 0.791. The number of nitrogens with one attached hydrogen (secondary N) is 1. The number of carbonyl (C=O) groups is 2. The van der Waals surface area contributed by atoms with E-state index >= 15 is 0 Å². The van der Waals surface area contributed by atoms with E-state index in [-0.39, 0.29) is 0 Å².